The maximum atomic E-state index is 12.9. The number of morpholine rings is 1. The van der Waals surface area contributed by atoms with Crippen LogP contribution in [0.5, 0.6) is 0 Å². The second-order valence-corrected chi connectivity index (χ2v) is 8.68. The molecule has 10 heteroatoms. The van der Waals surface area contributed by atoms with Crippen LogP contribution in [0.25, 0.3) is 0 Å². The SMILES string of the molecule is Cc1cc(CC2CCN(C(=O)N3CCC4OCC(=O)N[C@@H]4C3)CC2)cnc1C(F)(F)F. The Morgan fingerprint density at radius 3 is 2.61 bits per heavy atom. The molecule has 1 unspecified atom stereocenters. The Labute approximate surface area is 178 Å². The van der Waals surface area contributed by atoms with Crippen molar-refractivity contribution in [3.8, 4) is 0 Å². The van der Waals surface area contributed by atoms with Gasteiger partial charge >= 0.3 is 12.2 Å². The first-order chi connectivity index (χ1) is 14.7. The molecule has 3 amide bonds. The zero-order valence-corrected chi connectivity index (χ0v) is 17.5. The van der Waals surface area contributed by atoms with E-state index >= 15 is 0 Å². The van der Waals surface area contributed by atoms with Crippen LogP contribution in [0.4, 0.5) is 18.0 Å². The molecule has 4 heterocycles. The van der Waals surface area contributed by atoms with Gasteiger partial charge in [-0.25, -0.2) is 4.79 Å². The number of amides is 3. The molecule has 1 aromatic rings. The maximum Gasteiger partial charge on any atom is 0.433 e. The number of carbonyl (C=O) groups excluding carboxylic acids is 2. The number of aromatic nitrogens is 1. The first-order valence-electron chi connectivity index (χ1n) is 10.7. The van der Waals surface area contributed by atoms with Gasteiger partial charge in [0.1, 0.15) is 12.3 Å². The second-order valence-electron chi connectivity index (χ2n) is 8.68. The van der Waals surface area contributed by atoms with Gasteiger partial charge in [0, 0.05) is 32.4 Å². The van der Waals surface area contributed by atoms with Crippen molar-refractivity contribution in [3.63, 3.8) is 0 Å². The van der Waals surface area contributed by atoms with Crippen LogP contribution in [0.2, 0.25) is 0 Å². The Kier molecular flexibility index (Phi) is 6.09. The highest BCUT2D eigenvalue weighted by Gasteiger charge is 2.38. The van der Waals surface area contributed by atoms with Crippen LogP contribution in [0.15, 0.2) is 12.3 Å². The van der Waals surface area contributed by atoms with Crippen molar-refractivity contribution >= 4 is 11.9 Å². The minimum atomic E-state index is -4.44. The van der Waals surface area contributed by atoms with Crippen molar-refractivity contribution < 1.29 is 27.5 Å². The number of nitrogens with one attached hydrogen (secondary N) is 1. The van der Waals surface area contributed by atoms with Gasteiger partial charge < -0.3 is 19.9 Å². The first-order valence-corrected chi connectivity index (χ1v) is 10.7. The summed E-state index contributed by atoms with van der Waals surface area (Å²) in [5, 5.41) is 2.91. The molecule has 0 saturated carbocycles. The Morgan fingerprint density at radius 1 is 1.23 bits per heavy atom. The quantitative estimate of drug-likeness (QED) is 0.766. The van der Waals surface area contributed by atoms with E-state index in [4.69, 9.17) is 4.74 Å². The third-order valence-corrected chi connectivity index (χ3v) is 6.41. The van der Waals surface area contributed by atoms with E-state index in [1.54, 1.807) is 11.0 Å². The molecule has 7 nitrogen and oxygen atoms in total. The standard InChI is InChI=1S/C21H27F3N4O3/c1-13-8-15(10-25-19(13)21(22,23)24)9-14-2-5-27(6-3-14)20(30)28-7-4-17-16(11-28)26-18(29)12-31-17/h8,10,14,16-17H,2-7,9,11-12H2,1H3,(H,26,29)/t16-,17?/m1/s1. The number of halogens is 3. The minimum absolute atomic E-state index is 0.0243. The molecule has 1 N–H and O–H groups in total. The third kappa shape index (κ3) is 4.94. The summed E-state index contributed by atoms with van der Waals surface area (Å²) < 4.78 is 44.2. The molecule has 1 aromatic heterocycles. The number of rotatable bonds is 2. The molecule has 3 saturated heterocycles. The molecule has 0 aliphatic carbocycles. The summed E-state index contributed by atoms with van der Waals surface area (Å²) in [4.78, 5) is 31.7. The highest BCUT2D eigenvalue weighted by molar-refractivity contribution is 5.79. The van der Waals surface area contributed by atoms with Gasteiger partial charge in [0.25, 0.3) is 0 Å². The van der Waals surface area contributed by atoms with Crippen molar-refractivity contribution in [2.75, 3.05) is 32.8 Å². The molecule has 2 atom stereocenters. The van der Waals surface area contributed by atoms with Crippen LogP contribution in [0.3, 0.4) is 0 Å². The number of carbonyl (C=O) groups is 2. The maximum absolute atomic E-state index is 12.9. The zero-order valence-electron chi connectivity index (χ0n) is 17.5. The lowest BCUT2D eigenvalue weighted by Gasteiger charge is -2.43. The van der Waals surface area contributed by atoms with Gasteiger partial charge in [-0.15, -0.1) is 0 Å². The lowest BCUT2D eigenvalue weighted by Crippen LogP contribution is -2.62. The van der Waals surface area contributed by atoms with Crippen molar-refractivity contribution in [2.45, 2.75) is 50.9 Å². The van der Waals surface area contributed by atoms with E-state index in [0.29, 0.717) is 44.9 Å². The van der Waals surface area contributed by atoms with Crippen LogP contribution >= 0.6 is 0 Å². The number of urea groups is 1. The number of pyridine rings is 1. The van der Waals surface area contributed by atoms with E-state index in [-0.39, 0.29) is 36.3 Å². The normalized spacial score (nSPS) is 25.2. The lowest BCUT2D eigenvalue weighted by atomic mass is 9.90. The monoisotopic (exact) mass is 440 g/mol. The van der Waals surface area contributed by atoms with Gasteiger partial charge in [0.2, 0.25) is 5.91 Å². The molecule has 170 valence electrons. The van der Waals surface area contributed by atoms with Gasteiger partial charge in [-0.05, 0) is 49.7 Å². The average molecular weight is 440 g/mol. The summed E-state index contributed by atoms with van der Waals surface area (Å²) in [5.41, 5.74) is 0.102. The number of likely N-dealkylation sites (tertiary alicyclic amines) is 2. The van der Waals surface area contributed by atoms with Gasteiger partial charge in [-0.2, -0.15) is 13.2 Å². The van der Waals surface area contributed by atoms with Crippen LogP contribution in [-0.2, 0) is 22.1 Å². The molecule has 3 aliphatic heterocycles. The van der Waals surface area contributed by atoms with Crippen molar-refractivity contribution in [1.82, 2.24) is 20.1 Å². The lowest BCUT2D eigenvalue weighted by molar-refractivity contribution is -0.141. The van der Waals surface area contributed by atoms with Crippen LogP contribution in [-0.4, -0.2) is 71.7 Å². The summed E-state index contributed by atoms with van der Waals surface area (Å²) in [6.45, 7) is 3.80. The minimum Gasteiger partial charge on any atom is -0.366 e. The van der Waals surface area contributed by atoms with E-state index in [1.165, 1.54) is 13.1 Å². The predicted octanol–water partition coefficient (Wildman–Crippen LogP) is 2.37. The number of ether oxygens (including phenoxy) is 1. The number of aryl methyl sites for hydroxylation is 1. The largest absolute Gasteiger partial charge is 0.433 e. The van der Waals surface area contributed by atoms with E-state index < -0.39 is 11.9 Å². The molecule has 0 spiro atoms. The van der Waals surface area contributed by atoms with Crippen molar-refractivity contribution in [2.24, 2.45) is 5.92 Å². The second kappa shape index (κ2) is 8.64. The average Bonchev–Trinajstić information content (AvgIpc) is 2.72. The molecule has 0 aromatic carbocycles. The molecule has 3 aliphatic rings. The van der Waals surface area contributed by atoms with Crippen molar-refractivity contribution in [3.05, 3.63) is 29.1 Å². The summed E-state index contributed by atoms with van der Waals surface area (Å²) in [6, 6.07) is 1.38. The van der Waals surface area contributed by atoms with E-state index in [2.05, 4.69) is 10.3 Å². The summed E-state index contributed by atoms with van der Waals surface area (Å²) in [5.74, 6) is 0.156. The molecular formula is C21H27F3N4O3. The Morgan fingerprint density at radius 2 is 1.94 bits per heavy atom. The predicted molar refractivity (Wildman–Crippen MR) is 105 cm³/mol. The van der Waals surface area contributed by atoms with Crippen LogP contribution in [0.1, 0.15) is 36.1 Å². The fourth-order valence-electron chi connectivity index (χ4n) is 4.78. The van der Waals surface area contributed by atoms with Gasteiger partial charge in [-0.1, -0.05) is 6.07 Å². The first kappa shape index (κ1) is 21.9. The summed E-state index contributed by atoms with van der Waals surface area (Å²) in [6.07, 6.45) is -0.198. The topological polar surface area (TPSA) is 74.8 Å². The van der Waals surface area contributed by atoms with E-state index in [0.717, 1.165) is 18.4 Å². The fraction of sp³-hybridized carbons (Fsp3) is 0.667. The Balaban J connectivity index is 1.28. The fourth-order valence-corrected chi connectivity index (χ4v) is 4.78. The van der Waals surface area contributed by atoms with Gasteiger partial charge in [0.05, 0.1) is 12.1 Å². The number of hydrogen-bond acceptors (Lipinski definition) is 4. The number of nitrogens with zero attached hydrogens (tertiary/aromatic N) is 3. The molecule has 31 heavy (non-hydrogen) atoms. The molecule has 0 radical (unpaired) electrons. The smallest absolute Gasteiger partial charge is 0.366 e. The molecule has 0 bridgehead atoms. The van der Waals surface area contributed by atoms with Crippen LogP contribution in [0, 0.1) is 12.8 Å². The zero-order chi connectivity index (χ0) is 22.2. The number of fused-ring (bicyclic) bond motifs is 1. The Hall–Kier alpha value is -2.36. The molecule has 4 rings (SSSR count). The van der Waals surface area contributed by atoms with Gasteiger partial charge in [0.15, 0.2) is 0 Å². The van der Waals surface area contributed by atoms with Gasteiger partial charge in [-0.3, -0.25) is 9.78 Å². The number of hydrogen-bond donors (Lipinski definition) is 1. The summed E-state index contributed by atoms with van der Waals surface area (Å²) >= 11 is 0. The molecule has 3 fully saturated rings. The van der Waals surface area contributed by atoms with E-state index in [9.17, 15) is 22.8 Å². The number of alkyl halides is 3. The highest BCUT2D eigenvalue weighted by Crippen LogP contribution is 2.31. The third-order valence-electron chi connectivity index (χ3n) is 6.41. The van der Waals surface area contributed by atoms with Crippen molar-refractivity contribution in [1.29, 1.82) is 0 Å². The van der Waals surface area contributed by atoms with Crippen LogP contribution < -0.4 is 5.32 Å². The Bertz CT molecular complexity index is 840. The van der Waals surface area contributed by atoms with E-state index in [1.807, 2.05) is 4.90 Å². The number of piperidine rings is 2. The summed E-state index contributed by atoms with van der Waals surface area (Å²) in [7, 11) is 0. The highest BCUT2D eigenvalue weighted by atomic mass is 19.4. The molecular weight excluding hydrogens is 413 g/mol.